The Morgan fingerprint density at radius 2 is 2.00 bits per heavy atom. The minimum absolute atomic E-state index is 0.230. The van der Waals surface area contributed by atoms with Gasteiger partial charge in [-0.1, -0.05) is 29.5 Å². The van der Waals surface area contributed by atoms with E-state index in [4.69, 9.17) is 29.6 Å². The van der Waals surface area contributed by atoms with E-state index in [2.05, 4.69) is 5.32 Å². The fourth-order valence-corrected chi connectivity index (χ4v) is 3.27. The van der Waals surface area contributed by atoms with E-state index in [9.17, 15) is 9.59 Å². The number of halogens is 1. The van der Waals surface area contributed by atoms with Crippen LogP contribution in [0.4, 0.5) is 5.82 Å². The molecule has 0 atom stereocenters. The van der Waals surface area contributed by atoms with Gasteiger partial charge in [0.2, 0.25) is 5.91 Å². The molecule has 0 bridgehead atoms. The first kappa shape index (κ1) is 16.7. The van der Waals surface area contributed by atoms with Gasteiger partial charge in [-0.15, -0.1) is 11.6 Å². The van der Waals surface area contributed by atoms with Gasteiger partial charge in [0.25, 0.3) is 5.91 Å². The second-order valence-corrected chi connectivity index (χ2v) is 6.44. The van der Waals surface area contributed by atoms with Crippen molar-refractivity contribution in [2.24, 2.45) is 5.73 Å². The van der Waals surface area contributed by atoms with Crippen molar-refractivity contribution in [3.63, 3.8) is 0 Å². The number of amides is 2. The molecular formula is C14H14ClN3O2S2. The van der Waals surface area contributed by atoms with E-state index in [-0.39, 0.29) is 17.2 Å². The maximum absolute atomic E-state index is 12.0. The molecule has 0 fully saturated rings. The number of nitrogens with two attached hydrogens (primary N) is 1. The Kier molecular flexibility index (Phi) is 5.70. The van der Waals surface area contributed by atoms with Crippen LogP contribution in [0.15, 0.2) is 30.3 Å². The number of benzene rings is 1. The lowest BCUT2D eigenvalue weighted by atomic mass is 10.3. The number of hydrogen-bond acceptors (Lipinski definition) is 4. The van der Waals surface area contributed by atoms with Gasteiger partial charge in [-0.2, -0.15) is 0 Å². The highest BCUT2D eigenvalue weighted by molar-refractivity contribution is 7.73. The number of carbonyl (C=O) groups is 2. The lowest BCUT2D eigenvalue weighted by Gasteiger charge is -2.11. The van der Waals surface area contributed by atoms with E-state index in [0.717, 1.165) is 17.0 Å². The quantitative estimate of drug-likeness (QED) is 0.616. The molecule has 3 N–H and O–H groups in total. The monoisotopic (exact) mass is 355 g/mol. The van der Waals surface area contributed by atoms with Crippen molar-refractivity contribution in [1.82, 2.24) is 4.57 Å². The third-order valence-corrected chi connectivity index (χ3v) is 4.50. The Bertz CT molecular complexity index is 740. The molecule has 1 aromatic carbocycles. The summed E-state index contributed by atoms with van der Waals surface area (Å²) in [5.74, 6) is -0.155. The van der Waals surface area contributed by atoms with Crippen LogP contribution in [-0.2, 0) is 4.79 Å². The van der Waals surface area contributed by atoms with Gasteiger partial charge in [-0.25, -0.2) is 0 Å². The Labute approximate surface area is 141 Å². The molecule has 116 valence electrons. The molecule has 1 heterocycles. The number of rotatable bonds is 6. The number of para-hydroxylation sites is 1. The maximum Gasteiger partial charge on any atom is 0.262 e. The van der Waals surface area contributed by atoms with Crippen LogP contribution in [0, 0.1) is 3.95 Å². The molecule has 0 aliphatic heterocycles. The fourth-order valence-electron chi connectivity index (χ4n) is 1.89. The number of alkyl halides is 1. The maximum atomic E-state index is 12.0. The predicted molar refractivity (Wildman–Crippen MR) is 91.6 cm³/mol. The number of aromatic nitrogens is 1. The van der Waals surface area contributed by atoms with Gasteiger partial charge in [-0.05, 0) is 30.8 Å². The molecule has 0 saturated carbocycles. The molecule has 8 heteroatoms. The number of thiazole rings is 1. The van der Waals surface area contributed by atoms with Gasteiger partial charge in [-0.3, -0.25) is 14.2 Å². The smallest absolute Gasteiger partial charge is 0.262 e. The van der Waals surface area contributed by atoms with Crippen molar-refractivity contribution in [2.45, 2.75) is 12.8 Å². The van der Waals surface area contributed by atoms with Crippen molar-refractivity contribution < 1.29 is 9.59 Å². The Balaban J connectivity index is 2.47. The fraction of sp³-hybridized carbons (Fsp3) is 0.214. The van der Waals surface area contributed by atoms with Crippen LogP contribution in [0.3, 0.4) is 0 Å². The summed E-state index contributed by atoms with van der Waals surface area (Å²) >= 11 is 12.0. The Morgan fingerprint density at radius 3 is 2.59 bits per heavy atom. The zero-order valence-corrected chi connectivity index (χ0v) is 13.9. The van der Waals surface area contributed by atoms with Crippen molar-refractivity contribution in [2.75, 3.05) is 11.2 Å². The zero-order valence-electron chi connectivity index (χ0n) is 11.5. The molecule has 5 nitrogen and oxygen atoms in total. The molecular weight excluding hydrogens is 342 g/mol. The largest absolute Gasteiger partial charge is 0.365 e. The summed E-state index contributed by atoms with van der Waals surface area (Å²) in [6.45, 7) is 0. The summed E-state index contributed by atoms with van der Waals surface area (Å²) in [6, 6.07) is 9.23. The lowest BCUT2D eigenvalue weighted by Crippen LogP contribution is -2.19. The predicted octanol–water partition coefficient (Wildman–Crippen LogP) is 3.32. The highest BCUT2D eigenvalue weighted by Crippen LogP contribution is 2.28. The first-order valence-corrected chi connectivity index (χ1v) is 8.27. The second-order valence-electron chi connectivity index (χ2n) is 4.42. The summed E-state index contributed by atoms with van der Waals surface area (Å²) in [7, 11) is 0. The molecule has 0 radical (unpaired) electrons. The molecule has 2 aromatic rings. The van der Waals surface area contributed by atoms with Crippen LogP contribution >= 0.6 is 35.2 Å². The average molecular weight is 356 g/mol. The second kappa shape index (κ2) is 7.53. The van der Waals surface area contributed by atoms with Gasteiger partial charge < -0.3 is 11.1 Å². The van der Waals surface area contributed by atoms with Crippen LogP contribution in [0.5, 0.6) is 0 Å². The Hall–Kier alpha value is -1.70. The van der Waals surface area contributed by atoms with E-state index in [1.54, 1.807) is 4.57 Å². The molecule has 22 heavy (non-hydrogen) atoms. The molecule has 0 unspecified atom stereocenters. The molecule has 0 aliphatic rings. The summed E-state index contributed by atoms with van der Waals surface area (Å²) in [5.41, 5.74) is 6.14. The summed E-state index contributed by atoms with van der Waals surface area (Å²) < 4.78 is 2.08. The zero-order chi connectivity index (χ0) is 16.1. The van der Waals surface area contributed by atoms with Crippen LogP contribution in [0.2, 0.25) is 0 Å². The number of nitrogens with one attached hydrogen (secondary N) is 1. The molecule has 2 rings (SSSR count). The van der Waals surface area contributed by atoms with Crippen LogP contribution in [-0.4, -0.2) is 22.3 Å². The summed E-state index contributed by atoms with van der Waals surface area (Å²) in [5, 5.41) is 2.72. The van der Waals surface area contributed by atoms with Gasteiger partial charge in [0.1, 0.15) is 10.7 Å². The molecule has 0 saturated heterocycles. The van der Waals surface area contributed by atoms with E-state index in [0.29, 0.717) is 22.1 Å². The first-order valence-electron chi connectivity index (χ1n) is 6.51. The molecule has 0 spiro atoms. The minimum Gasteiger partial charge on any atom is -0.365 e. The van der Waals surface area contributed by atoms with E-state index in [1.165, 1.54) is 0 Å². The minimum atomic E-state index is -0.626. The number of hydrogen-bond donors (Lipinski definition) is 2. The molecule has 1 aromatic heterocycles. The van der Waals surface area contributed by atoms with Crippen molar-refractivity contribution in [3.05, 3.63) is 39.2 Å². The number of nitrogens with zero attached hydrogens (tertiary/aromatic N) is 1. The highest BCUT2D eigenvalue weighted by atomic mass is 35.5. The SMILES string of the molecule is NC(=O)c1sc(=S)n(-c2ccccc2)c1NC(=O)CCCCl. The number of carbonyl (C=O) groups excluding carboxylic acids is 2. The molecule has 2 amide bonds. The highest BCUT2D eigenvalue weighted by Gasteiger charge is 2.20. The standard InChI is InChI=1S/C14H14ClN3O2S2/c15-8-4-7-10(19)17-13-11(12(16)20)22-14(21)18(13)9-5-2-1-3-6-9/h1-3,5-6H,4,7-8H2,(H2,16,20)(H,17,19). The lowest BCUT2D eigenvalue weighted by molar-refractivity contribution is -0.116. The van der Waals surface area contributed by atoms with Crippen molar-refractivity contribution in [1.29, 1.82) is 0 Å². The third-order valence-electron chi connectivity index (χ3n) is 2.84. The van der Waals surface area contributed by atoms with E-state index < -0.39 is 5.91 Å². The van der Waals surface area contributed by atoms with Crippen molar-refractivity contribution in [3.8, 4) is 5.69 Å². The van der Waals surface area contributed by atoms with Gasteiger partial charge in [0, 0.05) is 18.0 Å². The molecule has 0 aliphatic carbocycles. The van der Waals surface area contributed by atoms with Gasteiger partial charge in [0.05, 0.1) is 0 Å². The normalized spacial score (nSPS) is 10.4. The topological polar surface area (TPSA) is 77.1 Å². The Morgan fingerprint density at radius 1 is 1.32 bits per heavy atom. The van der Waals surface area contributed by atoms with Crippen LogP contribution in [0.25, 0.3) is 5.69 Å². The summed E-state index contributed by atoms with van der Waals surface area (Å²) in [4.78, 5) is 23.8. The van der Waals surface area contributed by atoms with Crippen LogP contribution < -0.4 is 11.1 Å². The van der Waals surface area contributed by atoms with E-state index in [1.807, 2.05) is 30.3 Å². The van der Waals surface area contributed by atoms with Crippen LogP contribution in [0.1, 0.15) is 22.5 Å². The summed E-state index contributed by atoms with van der Waals surface area (Å²) in [6.07, 6.45) is 0.814. The van der Waals surface area contributed by atoms with Gasteiger partial charge in [0.15, 0.2) is 3.95 Å². The number of primary amides is 1. The number of anilines is 1. The average Bonchev–Trinajstić information content (AvgIpc) is 2.82. The third kappa shape index (κ3) is 3.73. The van der Waals surface area contributed by atoms with Gasteiger partial charge >= 0.3 is 0 Å². The first-order chi connectivity index (χ1) is 10.5. The van der Waals surface area contributed by atoms with Crippen molar-refractivity contribution >= 4 is 52.8 Å². The van der Waals surface area contributed by atoms with E-state index >= 15 is 0 Å².